The number of carbonyl (C=O) groups is 2. The van der Waals surface area contributed by atoms with Gasteiger partial charge in [0.25, 0.3) is 0 Å². The molecule has 22 heavy (non-hydrogen) atoms. The van der Waals surface area contributed by atoms with E-state index in [1.807, 2.05) is 13.8 Å². The zero-order valence-corrected chi connectivity index (χ0v) is 12.6. The van der Waals surface area contributed by atoms with Gasteiger partial charge in [0.2, 0.25) is 0 Å². The molecule has 0 saturated heterocycles. The van der Waals surface area contributed by atoms with Crippen molar-refractivity contribution in [2.75, 3.05) is 0 Å². The monoisotopic (exact) mass is 298 g/mol. The maximum absolute atomic E-state index is 11.6. The van der Waals surface area contributed by atoms with Crippen LogP contribution in [0.1, 0.15) is 13.8 Å². The molecule has 0 aliphatic rings. The summed E-state index contributed by atoms with van der Waals surface area (Å²) >= 11 is 0. The Bertz CT molecular complexity index is 567. The molecule has 0 aromatic heterocycles. The third kappa shape index (κ3) is 6.52. The molecular weight excluding hydrogens is 280 g/mol. The van der Waals surface area contributed by atoms with Crippen LogP contribution in [-0.4, -0.2) is 11.9 Å². The molecule has 1 aromatic rings. The van der Waals surface area contributed by atoms with Crippen LogP contribution in [0.5, 0.6) is 11.5 Å². The number of rotatable bonds is 6. The molecule has 4 heteroatoms. The zero-order valence-electron chi connectivity index (χ0n) is 12.6. The van der Waals surface area contributed by atoms with Crippen molar-refractivity contribution in [1.82, 2.24) is 0 Å². The van der Waals surface area contributed by atoms with E-state index in [0.29, 0.717) is 0 Å². The number of para-hydroxylation sites is 2. The molecule has 0 amide bonds. The zero-order chi connectivity index (χ0) is 16.2. The first-order valence-electron chi connectivity index (χ1n) is 6.78. The first-order valence-corrected chi connectivity index (χ1v) is 6.78. The summed E-state index contributed by atoms with van der Waals surface area (Å²) in [6.45, 7) is 3.68. The predicted octanol–water partition coefficient (Wildman–Crippen LogP) is 3.76. The summed E-state index contributed by atoms with van der Waals surface area (Å²) in [4.78, 5) is 23.3. The van der Waals surface area contributed by atoms with Crippen LogP contribution in [-0.2, 0) is 9.59 Å². The minimum absolute atomic E-state index is 0.186. The van der Waals surface area contributed by atoms with Gasteiger partial charge in [-0.05, 0) is 26.0 Å². The minimum Gasteiger partial charge on any atom is -0.419 e. The first kappa shape index (κ1) is 17.2. The molecular formula is C18H18O4. The Hall–Kier alpha value is -2.88. The SMILES string of the molecule is CC=CC=CC(=O)Oc1ccccc1OC(=O)C=CC=CC. The number of ether oxygens (including phenoxy) is 2. The maximum Gasteiger partial charge on any atom is 0.336 e. The van der Waals surface area contributed by atoms with Crippen molar-refractivity contribution in [2.24, 2.45) is 0 Å². The van der Waals surface area contributed by atoms with E-state index in [1.165, 1.54) is 12.2 Å². The highest BCUT2D eigenvalue weighted by molar-refractivity contribution is 5.86. The van der Waals surface area contributed by atoms with Crippen molar-refractivity contribution in [3.8, 4) is 11.5 Å². The average molecular weight is 298 g/mol. The molecule has 0 bridgehead atoms. The Kier molecular flexibility index (Phi) is 7.76. The van der Waals surface area contributed by atoms with Gasteiger partial charge in [-0.2, -0.15) is 0 Å². The van der Waals surface area contributed by atoms with Crippen LogP contribution in [0.3, 0.4) is 0 Å². The molecule has 0 saturated carbocycles. The average Bonchev–Trinajstić information content (AvgIpc) is 2.50. The fourth-order valence-electron chi connectivity index (χ4n) is 1.39. The number of allylic oxidation sites excluding steroid dienone is 6. The van der Waals surface area contributed by atoms with Crippen LogP contribution in [0.15, 0.2) is 72.9 Å². The fraction of sp³-hybridized carbons (Fsp3) is 0.111. The van der Waals surface area contributed by atoms with Gasteiger partial charge in [0.05, 0.1) is 0 Å². The lowest BCUT2D eigenvalue weighted by Crippen LogP contribution is -2.08. The summed E-state index contributed by atoms with van der Waals surface area (Å²) in [7, 11) is 0. The normalized spacial score (nSPS) is 11.7. The van der Waals surface area contributed by atoms with Crippen molar-refractivity contribution in [1.29, 1.82) is 0 Å². The predicted molar refractivity (Wildman–Crippen MR) is 85.6 cm³/mol. The van der Waals surface area contributed by atoms with Crippen LogP contribution in [0.2, 0.25) is 0 Å². The van der Waals surface area contributed by atoms with Crippen molar-refractivity contribution >= 4 is 11.9 Å². The van der Waals surface area contributed by atoms with E-state index in [4.69, 9.17) is 9.47 Å². The second kappa shape index (κ2) is 9.94. The van der Waals surface area contributed by atoms with E-state index in [1.54, 1.807) is 60.7 Å². The fourth-order valence-corrected chi connectivity index (χ4v) is 1.39. The highest BCUT2D eigenvalue weighted by Crippen LogP contribution is 2.26. The topological polar surface area (TPSA) is 52.6 Å². The highest BCUT2D eigenvalue weighted by Gasteiger charge is 2.10. The lowest BCUT2D eigenvalue weighted by atomic mass is 10.3. The maximum atomic E-state index is 11.6. The van der Waals surface area contributed by atoms with Crippen molar-refractivity contribution < 1.29 is 19.1 Å². The van der Waals surface area contributed by atoms with E-state index >= 15 is 0 Å². The van der Waals surface area contributed by atoms with Crippen LogP contribution in [0.4, 0.5) is 0 Å². The summed E-state index contributed by atoms with van der Waals surface area (Å²) in [5.41, 5.74) is 0. The van der Waals surface area contributed by atoms with Gasteiger partial charge < -0.3 is 9.47 Å². The van der Waals surface area contributed by atoms with Crippen molar-refractivity contribution in [3.05, 3.63) is 72.9 Å². The molecule has 4 nitrogen and oxygen atoms in total. The van der Waals surface area contributed by atoms with Crippen LogP contribution < -0.4 is 9.47 Å². The smallest absolute Gasteiger partial charge is 0.336 e. The molecule has 0 N–H and O–H groups in total. The molecule has 1 aromatic carbocycles. The van der Waals surface area contributed by atoms with Gasteiger partial charge in [0.15, 0.2) is 11.5 Å². The molecule has 0 aliphatic heterocycles. The third-order valence-electron chi connectivity index (χ3n) is 2.34. The third-order valence-corrected chi connectivity index (χ3v) is 2.34. The Balaban J connectivity index is 2.77. The van der Waals surface area contributed by atoms with Gasteiger partial charge >= 0.3 is 11.9 Å². The highest BCUT2D eigenvalue weighted by atomic mass is 16.6. The van der Waals surface area contributed by atoms with Gasteiger partial charge in [0, 0.05) is 12.2 Å². The summed E-state index contributed by atoms with van der Waals surface area (Å²) in [6.07, 6.45) is 12.7. The Morgan fingerprint density at radius 3 is 1.55 bits per heavy atom. The molecule has 0 spiro atoms. The molecule has 0 aliphatic carbocycles. The number of carbonyl (C=O) groups excluding carboxylic acids is 2. The molecule has 0 heterocycles. The van der Waals surface area contributed by atoms with Crippen LogP contribution in [0, 0.1) is 0 Å². The lowest BCUT2D eigenvalue weighted by molar-refractivity contribution is -0.131. The molecule has 0 atom stereocenters. The quantitative estimate of drug-likeness (QED) is 0.347. The molecule has 114 valence electrons. The Labute approximate surface area is 130 Å². The minimum atomic E-state index is -0.550. The molecule has 1 rings (SSSR count). The summed E-state index contributed by atoms with van der Waals surface area (Å²) < 4.78 is 10.3. The molecule has 0 unspecified atom stereocenters. The van der Waals surface area contributed by atoms with Crippen LogP contribution in [0.25, 0.3) is 0 Å². The number of hydrogen-bond donors (Lipinski definition) is 0. The van der Waals surface area contributed by atoms with Gasteiger partial charge in [0.1, 0.15) is 0 Å². The Morgan fingerprint density at radius 1 is 0.773 bits per heavy atom. The van der Waals surface area contributed by atoms with Crippen LogP contribution >= 0.6 is 0 Å². The number of benzene rings is 1. The van der Waals surface area contributed by atoms with Crippen molar-refractivity contribution in [2.45, 2.75) is 13.8 Å². The Morgan fingerprint density at radius 2 is 1.18 bits per heavy atom. The molecule has 0 fully saturated rings. The van der Waals surface area contributed by atoms with E-state index in [0.717, 1.165) is 0 Å². The first-order chi connectivity index (χ1) is 10.7. The van der Waals surface area contributed by atoms with Gasteiger partial charge in [-0.1, -0.05) is 48.6 Å². The second-order valence-electron chi connectivity index (χ2n) is 4.06. The summed E-state index contributed by atoms with van der Waals surface area (Å²) in [5, 5.41) is 0. The van der Waals surface area contributed by atoms with E-state index in [9.17, 15) is 9.59 Å². The van der Waals surface area contributed by atoms with Gasteiger partial charge in [-0.3, -0.25) is 0 Å². The molecule has 0 radical (unpaired) electrons. The van der Waals surface area contributed by atoms with E-state index < -0.39 is 11.9 Å². The number of esters is 2. The lowest BCUT2D eigenvalue weighted by Gasteiger charge is -2.07. The standard InChI is InChI=1S/C18H18O4/c1-3-5-7-13-17(19)21-15-11-9-10-12-16(15)22-18(20)14-8-6-4-2/h3-14H,1-2H3. The second-order valence-corrected chi connectivity index (χ2v) is 4.06. The summed E-state index contributed by atoms with van der Waals surface area (Å²) in [5.74, 6) is -0.729. The van der Waals surface area contributed by atoms with Gasteiger partial charge in [-0.25, -0.2) is 9.59 Å². The van der Waals surface area contributed by atoms with Gasteiger partial charge in [-0.15, -0.1) is 0 Å². The van der Waals surface area contributed by atoms with E-state index in [-0.39, 0.29) is 11.5 Å². The summed E-state index contributed by atoms with van der Waals surface area (Å²) in [6, 6.07) is 6.48. The van der Waals surface area contributed by atoms with Crippen molar-refractivity contribution in [3.63, 3.8) is 0 Å². The largest absolute Gasteiger partial charge is 0.419 e. The number of hydrogen-bond acceptors (Lipinski definition) is 4. The van der Waals surface area contributed by atoms with E-state index in [2.05, 4.69) is 0 Å².